The summed E-state index contributed by atoms with van der Waals surface area (Å²) in [5.74, 6) is 0.722. The smallest absolute Gasteiger partial charge is 0.243 e. The maximum absolute atomic E-state index is 11.2. The zero-order valence-electron chi connectivity index (χ0n) is 10.1. The molecule has 0 aliphatic carbocycles. The van der Waals surface area contributed by atoms with E-state index in [4.69, 9.17) is 9.57 Å². The molecule has 1 rings (SSSR count). The number of para-hydroxylation sites is 1. The third-order valence-corrected chi connectivity index (χ3v) is 2.14. The fraction of sp³-hybridized carbons (Fsp3) is 0.462. The number of hydrogen-bond acceptors (Lipinski definition) is 3. The normalized spacial score (nSPS) is 9.94. The molecule has 4 heteroatoms. The lowest BCUT2D eigenvalue weighted by atomic mass is 10.2. The highest BCUT2D eigenvalue weighted by Crippen LogP contribution is 2.07. The first-order valence-electron chi connectivity index (χ1n) is 5.91. The van der Waals surface area contributed by atoms with Crippen molar-refractivity contribution in [3.8, 4) is 5.75 Å². The van der Waals surface area contributed by atoms with Gasteiger partial charge >= 0.3 is 0 Å². The van der Waals surface area contributed by atoms with Crippen molar-refractivity contribution in [1.29, 1.82) is 0 Å². The number of ether oxygens (including phenoxy) is 1. The highest BCUT2D eigenvalue weighted by atomic mass is 16.7. The van der Waals surface area contributed by atoms with Crippen LogP contribution in [-0.4, -0.2) is 19.1 Å². The summed E-state index contributed by atoms with van der Waals surface area (Å²) in [6.07, 6.45) is 2.40. The van der Waals surface area contributed by atoms with Crippen LogP contribution in [0.15, 0.2) is 30.3 Å². The molecule has 0 saturated heterocycles. The van der Waals surface area contributed by atoms with Gasteiger partial charge in [0.15, 0.2) is 0 Å². The summed E-state index contributed by atoms with van der Waals surface area (Å²) in [5.41, 5.74) is 2.38. The van der Waals surface area contributed by atoms with Crippen LogP contribution in [0, 0.1) is 0 Å². The number of hydrogen-bond donors (Lipinski definition) is 1. The van der Waals surface area contributed by atoms with Crippen LogP contribution in [0.2, 0.25) is 0 Å². The molecule has 0 fully saturated rings. The van der Waals surface area contributed by atoms with Crippen molar-refractivity contribution >= 4 is 5.91 Å². The summed E-state index contributed by atoms with van der Waals surface area (Å²) < 4.78 is 5.39. The number of nitrogens with one attached hydrogen (secondary N) is 1. The molecule has 0 heterocycles. The molecule has 0 saturated carbocycles. The van der Waals surface area contributed by atoms with Crippen LogP contribution < -0.4 is 10.2 Å². The molecular formula is C13H19NO3. The summed E-state index contributed by atoms with van der Waals surface area (Å²) in [4.78, 5) is 16.1. The maximum Gasteiger partial charge on any atom is 0.243 e. The lowest BCUT2D eigenvalue weighted by molar-refractivity contribution is -0.134. The number of carbonyl (C=O) groups excluding carboxylic acids is 1. The van der Waals surface area contributed by atoms with E-state index >= 15 is 0 Å². The van der Waals surface area contributed by atoms with Gasteiger partial charge in [-0.3, -0.25) is 9.63 Å². The fourth-order valence-corrected chi connectivity index (χ4v) is 1.24. The van der Waals surface area contributed by atoms with Crippen molar-refractivity contribution in [3.05, 3.63) is 30.3 Å². The third kappa shape index (κ3) is 6.58. The Morgan fingerprint density at radius 3 is 2.71 bits per heavy atom. The molecule has 0 radical (unpaired) electrons. The second kappa shape index (κ2) is 8.58. The highest BCUT2D eigenvalue weighted by Gasteiger charge is 1.99. The van der Waals surface area contributed by atoms with E-state index in [2.05, 4.69) is 5.48 Å². The molecule has 4 nitrogen and oxygen atoms in total. The second-order valence-corrected chi connectivity index (χ2v) is 3.64. The van der Waals surface area contributed by atoms with Crippen LogP contribution in [-0.2, 0) is 9.63 Å². The molecule has 0 unspecified atom stereocenters. The first-order chi connectivity index (χ1) is 8.33. The van der Waals surface area contributed by atoms with Crippen molar-refractivity contribution < 1.29 is 14.4 Å². The second-order valence-electron chi connectivity index (χ2n) is 3.64. The molecule has 1 amide bonds. The predicted molar refractivity (Wildman–Crippen MR) is 65.6 cm³/mol. The van der Waals surface area contributed by atoms with Crippen molar-refractivity contribution in [2.24, 2.45) is 0 Å². The molecule has 1 N–H and O–H groups in total. The van der Waals surface area contributed by atoms with Gasteiger partial charge < -0.3 is 4.74 Å². The Bertz CT molecular complexity index is 314. The Balaban J connectivity index is 1.99. The summed E-state index contributed by atoms with van der Waals surface area (Å²) in [7, 11) is 0. The van der Waals surface area contributed by atoms with Gasteiger partial charge in [-0.25, -0.2) is 5.48 Å². The van der Waals surface area contributed by atoms with Gasteiger partial charge in [0.2, 0.25) is 5.91 Å². The van der Waals surface area contributed by atoms with Crippen LogP contribution in [0.1, 0.15) is 26.2 Å². The number of benzene rings is 1. The van der Waals surface area contributed by atoms with E-state index < -0.39 is 0 Å². The molecule has 1 aromatic rings. The highest BCUT2D eigenvalue weighted by molar-refractivity contribution is 5.74. The standard InChI is InChI=1S/C13H19NO3/c1-2-3-9-13(15)14-17-11-10-16-12-7-5-4-6-8-12/h4-8H,2-3,9-11H2,1H3,(H,14,15). The third-order valence-electron chi connectivity index (χ3n) is 2.14. The molecule has 0 aliphatic rings. The lowest BCUT2D eigenvalue weighted by Gasteiger charge is -2.07. The summed E-state index contributed by atoms with van der Waals surface area (Å²) in [6.45, 7) is 2.80. The van der Waals surface area contributed by atoms with Crippen molar-refractivity contribution in [1.82, 2.24) is 5.48 Å². The molecule has 0 bridgehead atoms. The molecule has 0 atom stereocenters. The quantitative estimate of drug-likeness (QED) is 0.557. The van der Waals surface area contributed by atoms with Gasteiger partial charge in [0.1, 0.15) is 19.0 Å². The van der Waals surface area contributed by atoms with E-state index in [9.17, 15) is 4.79 Å². The monoisotopic (exact) mass is 237 g/mol. The van der Waals surface area contributed by atoms with Gasteiger partial charge in [-0.1, -0.05) is 31.5 Å². The summed E-state index contributed by atoms with van der Waals surface area (Å²) in [5, 5.41) is 0. The van der Waals surface area contributed by atoms with Crippen molar-refractivity contribution in [2.75, 3.05) is 13.2 Å². The predicted octanol–water partition coefficient (Wildman–Crippen LogP) is 2.30. The SMILES string of the molecule is CCCCC(=O)NOCCOc1ccccc1. The maximum atomic E-state index is 11.2. The summed E-state index contributed by atoms with van der Waals surface area (Å²) >= 11 is 0. The van der Waals surface area contributed by atoms with Crippen molar-refractivity contribution in [2.45, 2.75) is 26.2 Å². The van der Waals surface area contributed by atoms with Crippen molar-refractivity contribution in [3.63, 3.8) is 0 Å². The van der Waals surface area contributed by atoms with E-state index in [1.54, 1.807) is 0 Å². The Hall–Kier alpha value is -1.55. The van der Waals surface area contributed by atoms with E-state index in [0.29, 0.717) is 19.6 Å². The number of amides is 1. The topological polar surface area (TPSA) is 47.6 Å². The minimum atomic E-state index is -0.0773. The number of carbonyl (C=O) groups is 1. The van der Waals surface area contributed by atoms with Crippen LogP contribution in [0.3, 0.4) is 0 Å². The summed E-state index contributed by atoms with van der Waals surface area (Å²) in [6, 6.07) is 9.49. The molecular weight excluding hydrogens is 218 g/mol. The Labute approximate surface area is 102 Å². The lowest BCUT2D eigenvalue weighted by Crippen LogP contribution is -2.25. The van der Waals surface area contributed by atoms with Crippen LogP contribution in [0.25, 0.3) is 0 Å². The number of rotatable bonds is 8. The van der Waals surface area contributed by atoms with Gasteiger partial charge in [0.25, 0.3) is 0 Å². The molecule has 0 aromatic heterocycles. The zero-order chi connectivity index (χ0) is 12.3. The van der Waals surface area contributed by atoms with Gasteiger partial charge in [0, 0.05) is 6.42 Å². The Morgan fingerprint density at radius 2 is 2.00 bits per heavy atom. The van der Waals surface area contributed by atoms with E-state index in [1.165, 1.54) is 0 Å². The minimum Gasteiger partial charge on any atom is -0.491 e. The van der Waals surface area contributed by atoms with E-state index in [1.807, 2.05) is 37.3 Å². The van der Waals surface area contributed by atoms with Crippen LogP contribution in [0.5, 0.6) is 5.75 Å². The van der Waals surface area contributed by atoms with E-state index in [-0.39, 0.29) is 5.91 Å². The molecule has 0 aliphatic heterocycles. The molecule has 17 heavy (non-hydrogen) atoms. The Morgan fingerprint density at radius 1 is 1.24 bits per heavy atom. The molecule has 1 aromatic carbocycles. The first kappa shape index (κ1) is 13.5. The van der Waals surface area contributed by atoms with Gasteiger partial charge in [0.05, 0.1) is 0 Å². The molecule has 94 valence electrons. The minimum absolute atomic E-state index is 0.0773. The largest absolute Gasteiger partial charge is 0.491 e. The number of hydroxylamine groups is 1. The Kier molecular flexibility index (Phi) is 6.82. The average Bonchev–Trinajstić information content (AvgIpc) is 2.37. The van der Waals surface area contributed by atoms with E-state index in [0.717, 1.165) is 18.6 Å². The van der Waals surface area contributed by atoms with Gasteiger partial charge in [-0.05, 0) is 18.6 Å². The molecule has 0 spiro atoms. The fourth-order valence-electron chi connectivity index (χ4n) is 1.24. The number of unbranched alkanes of at least 4 members (excludes halogenated alkanes) is 1. The van der Waals surface area contributed by atoms with Gasteiger partial charge in [-0.2, -0.15) is 0 Å². The van der Waals surface area contributed by atoms with Crippen LogP contribution in [0.4, 0.5) is 0 Å². The first-order valence-corrected chi connectivity index (χ1v) is 5.91. The van der Waals surface area contributed by atoms with Gasteiger partial charge in [-0.15, -0.1) is 0 Å². The van der Waals surface area contributed by atoms with Crippen LogP contribution >= 0.6 is 0 Å². The zero-order valence-corrected chi connectivity index (χ0v) is 10.1. The average molecular weight is 237 g/mol.